The van der Waals surface area contributed by atoms with Crippen LogP contribution in [0, 0.1) is 5.92 Å². The van der Waals surface area contributed by atoms with E-state index in [2.05, 4.69) is 20.3 Å². The van der Waals surface area contributed by atoms with E-state index in [1.807, 2.05) is 13.8 Å². The van der Waals surface area contributed by atoms with Gasteiger partial charge in [0.05, 0.1) is 6.61 Å². The second-order valence-electron chi connectivity index (χ2n) is 6.24. The number of fused-ring (bicyclic) bond motifs is 1. The van der Waals surface area contributed by atoms with E-state index in [0.29, 0.717) is 29.6 Å². The third-order valence-electron chi connectivity index (χ3n) is 3.95. The van der Waals surface area contributed by atoms with E-state index in [1.165, 1.54) is 6.33 Å². The molecule has 0 saturated carbocycles. The molecule has 0 aromatic carbocycles. The first-order chi connectivity index (χ1) is 11.4. The molecule has 3 heterocycles. The second kappa shape index (κ2) is 6.48. The Bertz CT molecular complexity index is 721. The minimum Gasteiger partial charge on any atom is -0.394 e. The summed E-state index contributed by atoms with van der Waals surface area (Å²) in [5.74, 6) is 0.964. The minimum atomic E-state index is -1.24. The summed E-state index contributed by atoms with van der Waals surface area (Å²) < 4.78 is 7.15. The van der Waals surface area contributed by atoms with E-state index in [0.717, 1.165) is 0 Å². The number of nitrogens with one attached hydrogen (secondary N) is 1. The Kier molecular flexibility index (Phi) is 4.54. The van der Waals surface area contributed by atoms with Crippen molar-refractivity contribution in [3.05, 3.63) is 6.33 Å². The van der Waals surface area contributed by atoms with E-state index >= 15 is 0 Å². The molecule has 3 rings (SSSR count). The average molecular weight is 338 g/mol. The number of nitrogen functional groups attached to an aromatic ring is 1. The molecule has 0 aliphatic carbocycles. The first kappa shape index (κ1) is 16.8. The van der Waals surface area contributed by atoms with Crippen molar-refractivity contribution in [3.8, 4) is 0 Å². The fourth-order valence-corrected chi connectivity index (χ4v) is 2.68. The molecule has 0 unspecified atom stereocenters. The molecular weight excluding hydrogens is 316 g/mol. The highest BCUT2D eigenvalue weighted by atomic mass is 16.6. The number of aromatic nitrogens is 4. The number of imidazole rings is 1. The standard InChI is InChI=1S/C14H22N6O4/c1-6(2)3-16-14-19-8-11(15)17-5-18-12(8)20(14)13-10(23)9(22)7(4-21)24-13/h5-7,9-10,13,21-23H,3-4H2,1-2H3,(H,16,19)(H2,15,17,18)/t7-,9-,10-,13-/m0/s1. The summed E-state index contributed by atoms with van der Waals surface area (Å²) in [5.41, 5.74) is 6.62. The van der Waals surface area contributed by atoms with E-state index in [9.17, 15) is 15.3 Å². The van der Waals surface area contributed by atoms with Gasteiger partial charge < -0.3 is 31.1 Å². The topological polar surface area (TPSA) is 152 Å². The SMILES string of the molecule is CC(C)CNc1nc2c(N)ncnc2n1[C@H]1O[C@@H](CO)[C@H](O)[C@@H]1O. The Morgan fingerprint density at radius 1 is 1.33 bits per heavy atom. The molecule has 6 N–H and O–H groups in total. The van der Waals surface area contributed by atoms with Gasteiger partial charge in [-0.05, 0) is 5.92 Å². The quantitative estimate of drug-likeness (QED) is 0.466. The van der Waals surface area contributed by atoms with Crippen LogP contribution in [0.5, 0.6) is 0 Å². The summed E-state index contributed by atoms with van der Waals surface area (Å²) in [6.45, 7) is 4.31. The van der Waals surface area contributed by atoms with Crippen LogP contribution in [0.25, 0.3) is 11.2 Å². The molecule has 2 aromatic rings. The van der Waals surface area contributed by atoms with Gasteiger partial charge in [-0.25, -0.2) is 15.0 Å². The third kappa shape index (κ3) is 2.77. The van der Waals surface area contributed by atoms with Gasteiger partial charge in [0, 0.05) is 6.54 Å². The number of rotatable bonds is 5. The Morgan fingerprint density at radius 2 is 2.08 bits per heavy atom. The van der Waals surface area contributed by atoms with Gasteiger partial charge in [0.15, 0.2) is 23.2 Å². The average Bonchev–Trinajstić information content (AvgIpc) is 3.05. The maximum atomic E-state index is 10.3. The Hall–Kier alpha value is -2.01. The van der Waals surface area contributed by atoms with Crippen molar-refractivity contribution in [2.75, 3.05) is 24.2 Å². The highest BCUT2D eigenvalue weighted by Crippen LogP contribution is 2.35. The molecule has 1 aliphatic rings. The zero-order valence-corrected chi connectivity index (χ0v) is 13.5. The molecule has 132 valence electrons. The van der Waals surface area contributed by atoms with E-state index in [-0.39, 0.29) is 5.82 Å². The molecule has 10 heteroatoms. The third-order valence-corrected chi connectivity index (χ3v) is 3.95. The number of aliphatic hydroxyl groups is 3. The zero-order valence-electron chi connectivity index (χ0n) is 13.5. The lowest BCUT2D eigenvalue weighted by atomic mass is 10.1. The van der Waals surface area contributed by atoms with Gasteiger partial charge in [-0.2, -0.15) is 0 Å². The molecule has 0 amide bonds. The summed E-state index contributed by atoms with van der Waals surface area (Å²) in [7, 11) is 0. The van der Waals surface area contributed by atoms with Crippen LogP contribution in [0.2, 0.25) is 0 Å². The van der Waals surface area contributed by atoms with E-state index in [1.54, 1.807) is 4.57 Å². The first-order valence-corrected chi connectivity index (χ1v) is 7.78. The van der Waals surface area contributed by atoms with Crippen molar-refractivity contribution >= 4 is 22.9 Å². The molecule has 0 spiro atoms. The van der Waals surface area contributed by atoms with Crippen molar-refractivity contribution in [1.29, 1.82) is 0 Å². The number of aliphatic hydroxyl groups excluding tert-OH is 3. The lowest BCUT2D eigenvalue weighted by molar-refractivity contribution is -0.0501. The number of hydrogen-bond donors (Lipinski definition) is 5. The summed E-state index contributed by atoms with van der Waals surface area (Å²) in [6, 6.07) is 0. The molecule has 24 heavy (non-hydrogen) atoms. The van der Waals surface area contributed by atoms with Crippen LogP contribution in [0.3, 0.4) is 0 Å². The normalized spacial score (nSPS) is 27.2. The maximum absolute atomic E-state index is 10.3. The molecule has 0 bridgehead atoms. The predicted molar refractivity (Wildman–Crippen MR) is 86.1 cm³/mol. The largest absolute Gasteiger partial charge is 0.394 e. The monoisotopic (exact) mass is 338 g/mol. The number of ether oxygens (including phenoxy) is 1. The molecule has 10 nitrogen and oxygen atoms in total. The zero-order chi connectivity index (χ0) is 17.4. The van der Waals surface area contributed by atoms with Crippen molar-refractivity contribution in [2.24, 2.45) is 5.92 Å². The smallest absolute Gasteiger partial charge is 0.207 e. The van der Waals surface area contributed by atoms with Gasteiger partial charge in [-0.15, -0.1) is 0 Å². The number of nitrogens with two attached hydrogens (primary N) is 1. The van der Waals surface area contributed by atoms with Crippen LogP contribution < -0.4 is 11.1 Å². The molecule has 1 aliphatic heterocycles. The first-order valence-electron chi connectivity index (χ1n) is 7.78. The number of hydrogen-bond acceptors (Lipinski definition) is 9. The fourth-order valence-electron chi connectivity index (χ4n) is 2.68. The van der Waals surface area contributed by atoms with Gasteiger partial charge in [-0.3, -0.25) is 4.57 Å². The van der Waals surface area contributed by atoms with Crippen LogP contribution >= 0.6 is 0 Å². The predicted octanol–water partition coefficient (Wildman–Crippen LogP) is -0.912. The lowest BCUT2D eigenvalue weighted by Gasteiger charge is -2.20. The van der Waals surface area contributed by atoms with Crippen LogP contribution in [-0.4, -0.2) is 66.3 Å². The summed E-state index contributed by atoms with van der Waals surface area (Å²) in [4.78, 5) is 12.5. The Morgan fingerprint density at radius 3 is 2.71 bits per heavy atom. The van der Waals surface area contributed by atoms with E-state index in [4.69, 9.17) is 10.5 Å². The van der Waals surface area contributed by atoms with Crippen molar-refractivity contribution in [3.63, 3.8) is 0 Å². The van der Waals surface area contributed by atoms with Crippen LogP contribution in [0.15, 0.2) is 6.33 Å². The van der Waals surface area contributed by atoms with Crippen LogP contribution in [0.1, 0.15) is 20.1 Å². The summed E-state index contributed by atoms with van der Waals surface area (Å²) in [5, 5.41) is 32.8. The van der Waals surface area contributed by atoms with Crippen LogP contribution in [-0.2, 0) is 4.74 Å². The Balaban J connectivity index is 2.07. The minimum absolute atomic E-state index is 0.207. The van der Waals surface area contributed by atoms with Crippen molar-refractivity contribution in [2.45, 2.75) is 38.4 Å². The van der Waals surface area contributed by atoms with Crippen LogP contribution in [0.4, 0.5) is 11.8 Å². The number of anilines is 2. The maximum Gasteiger partial charge on any atom is 0.207 e. The van der Waals surface area contributed by atoms with Crippen molar-refractivity contribution < 1.29 is 20.1 Å². The van der Waals surface area contributed by atoms with Gasteiger partial charge in [0.1, 0.15) is 24.6 Å². The molecule has 4 atom stereocenters. The van der Waals surface area contributed by atoms with Gasteiger partial charge in [0.2, 0.25) is 5.95 Å². The lowest BCUT2D eigenvalue weighted by Crippen LogP contribution is -2.33. The Labute approximate surface area is 138 Å². The number of nitrogens with zero attached hydrogens (tertiary/aromatic N) is 4. The van der Waals surface area contributed by atoms with Gasteiger partial charge in [-0.1, -0.05) is 13.8 Å². The highest BCUT2D eigenvalue weighted by molar-refractivity contribution is 5.84. The summed E-state index contributed by atoms with van der Waals surface area (Å²) >= 11 is 0. The molecule has 1 saturated heterocycles. The highest BCUT2D eigenvalue weighted by Gasteiger charge is 2.45. The molecule has 0 radical (unpaired) electrons. The van der Waals surface area contributed by atoms with Gasteiger partial charge >= 0.3 is 0 Å². The molecular formula is C14H22N6O4. The van der Waals surface area contributed by atoms with E-state index < -0.39 is 31.1 Å². The van der Waals surface area contributed by atoms with Crippen molar-refractivity contribution in [1.82, 2.24) is 19.5 Å². The fraction of sp³-hybridized carbons (Fsp3) is 0.643. The summed E-state index contributed by atoms with van der Waals surface area (Å²) in [6.07, 6.45) is -3.00. The molecule has 1 fully saturated rings. The second-order valence-corrected chi connectivity index (χ2v) is 6.24. The molecule has 2 aromatic heterocycles. The van der Waals surface area contributed by atoms with Gasteiger partial charge in [0.25, 0.3) is 0 Å².